The first-order chi connectivity index (χ1) is 13.5. The van der Waals surface area contributed by atoms with Gasteiger partial charge in [-0.3, -0.25) is 14.3 Å². The van der Waals surface area contributed by atoms with Crippen LogP contribution in [0.5, 0.6) is 11.9 Å². The standard InChI is InChI=1S/C19H23N5O4/c1-6-12(10-26-3)24-14-7-8-20-15(16(14)22-11(2)18(24)25)13-9-21-19(28-5)23-17(13)27-4/h7-9,12H,6,10H2,1-5H3. The average molecular weight is 385 g/mol. The van der Waals surface area contributed by atoms with E-state index in [1.165, 1.54) is 14.2 Å². The van der Waals surface area contributed by atoms with Gasteiger partial charge in [-0.2, -0.15) is 4.98 Å². The van der Waals surface area contributed by atoms with Gasteiger partial charge in [-0.1, -0.05) is 6.92 Å². The van der Waals surface area contributed by atoms with Gasteiger partial charge in [-0.25, -0.2) is 9.97 Å². The predicted octanol–water partition coefficient (Wildman–Crippen LogP) is 2.17. The lowest BCUT2D eigenvalue weighted by molar-refractivity contribution is 0.153. The van der Waals surface area contributed by atoms with Gasteiger partial charge in [-0.15, -0.1) is 0 Å². The van der Waals surface area contributed by atoms with E-state index < -0.39 is 0 Å². The van der Waals surface area contributed by atoms with E-state index in [1.54, 1.807) is 37.1 Å². The van der Waals surface area contributed by atoms with Crippen LogP contribution in [0.15, 0.2) is 23.3 Å². The molecule has 9 heteroatoms. The van der Waals surface area contributed by atoms with Crippen LogP contribution in [0.1, 0.15) is 25.1 Å². The van der Waals surface area contributed by atoms with Gasteiger partial charge in [0.25, 0.3) is 5.56 Å². The number of rotatable bonds is 7. The second-order valence-electron chi connectivity index (χ2n) is 6.20. The SMILES string of the molecule is CCC(COC)n1c(=O)c(C)nc2c(-c3cnc(OC)nc3OC)nccc21. The molecular weight excluding hydrogens is 362 g/mol. The lowest BCUT2D eigenvalue weighted by Crippen LogP contribution is -2.30. The molecule has 0 saturated carbocycles. The van der Waals surface area contributed by atoms with Gasteiger partial charge in [0.2, 0.25) is 5.88 Å². The van der Waals surface area contributed by atoms with Crippen molar-refractivity contribution in [3.63, 3.8) is 0 Å². The van der Waals surface area contributed by atoms with Crippen LogP contribution in [0.4, 0.5) is 0 Å². The number of hydrogen-bond acceptors (Lipinski definition) is 8. The van der Waals surface area contributed by atoms with Crippen molar-refractivity contribution >= 4 is 11.0 Å². The van der Waals surface area contributed by atoms with E-state index >= 15 is 0 Å². The summed E-state index contributed by atoms with van der Waals surface area (Å²) in [6.45, 7) is 4.12. The first-order valence-electron chi connectivity index (χ1n) is 8.87. The predicted molar refractivity (Wildman–Crippen MR) is 104 cm³/mol. The molecule has 0 N–H and O–H groups in total. The zero-order valence-corrected chi connectivity index (χ0v) is 16.6. The minimum absolute atomic E-state index is 0.119. The van der Waals surface area contributed by atoms with Crippen molar-refractivity contribution in [1.82, 2.24) is 24.5 Å². The second-order valence-corrected chi connectivity index (χ2v) is 6.20. The summed E-state index contributed by atoms with van der Waals surface area (Å²) in [5.41, 5.74) is 2.56. The highest BCUT2D eigenvalue weighted by Crippen LogP contribution is 2.32. The van der Waals surface area contributed by atoms with Crippen molar-refractivity contribution in [1.29, 1.82) is 0 Å². The molecule has 3 aromatic heterocycles. The Hall–Kier alpha value is -3.07. The lowest BCUT2D eigenvalue weighted by Gasteiger charge is -2.21. The number of fused-ring (bicyclic) bond motifs is 1. The van der Waals surface area contributed by atoms with Crippen molar-refractivity contribution < 1.29 is 14.2 Å². The summed E-state index contributed by atoms with van der Waals surface area (Å²) in [4.78, 5) is 30.3. The molecule has 0 bridgehead atoms. The highest BCUT2D eigenvalue weighted by Gasteiger charge is 2.21. The number of pyridine rings is 1. The fourth-order valence-electron chi connectivity index (χ4n) is 3.14. The Morgan fingerprint density at radius 2 is 1.93 bits per heavy atom. The fourth-order valence-corrected chi connectivity index (χ4v) is 3.14. The molecule has 0 aliphatic carbocycles. The van der Waals surface area contributed by atoms with Crippen LogP contribution in [0, 0.1) is 6.92 Å². The van der Waals surface area contributed by atoms with Crippen LogP contribution in [-0.2, 0) is 4.74 Å². The first-order valence-corrected chi connectivity index (χ1v) is 8.87. The normalized spacial score (nSPS) is 12.2. The van der Waals surface area contributed by atoms with E-state index in [9.17, 15) is 4.79 Å². The van der Waals surface area contributed by atoms with Crippen LogP contribution in [0.2, 0.25) is 0 Å². The summed E-state index contributed by atoms with van der Waals surface area (Å²) in [5.74, 6) is 0.313. The van der Waals surface area contributed by atoms with Gasteiger partial charge in [-0.05, 0) is 19.4 Å². The van der Waals surface area contributed by atoms with Gasteiger partial charge in [0, 0.05) is 19.5 Å². The van der Waals surface area contributed by atoms with E-state index in [-0.39, 0.29) is 17.6 Å². The first kappa shape index (κ1) is 19.7. The summed E-state index contributed by atoms with van der Waals surface area (Å²) in [5, 5.41) is 0. The second kappa shape index (κ2) is 8.30. The molecule has 9 nitrogen and oxygen atoms in total. The number of methoxy groups -OCH3 is 3. The average Bonchev–Trinajstić information content (AvgIpc) is 2.72. The van der Waals surface area contributed by atoms with Crippen molar-refractivity contribution in [2.24, 2.45) is 0 Å². The Kier molecular flexibility index (Phi) is 5.84. The van der Waals surface area contributed by atoms with Gasteiger partial charge >= 0.3 is 6.01 Å². The molecule has 1 atom stereocenters. The molecular formula is C19H23N5O4. The summed E-state index contributed by atoms with van der Waals surface area (Å²) in [7, 11) is 4.61. The van der Waals surface area contributed by atoms with E-state index in [0.717, 1.165) is 6.42 Å². The molecule has 3 rings (SSSR count). The van der Waals surface area contributed by atoms with Gasteiger partial charge in [0.15, 0.2) is 0 Å². The number of aromatic nitrogens is 5. The summed E-state index contributed by atoms with van der Waals surface area (Å²) in [6.07, 6.45) is 3.94. The van der Waals surface area contributed by atoms with Crippen LogP contribution < -0.4 is 15.0 Å². The number of ether oxygens (including phenoxy) is 3. The molecule has 0 aliphatic heterocycles. The molecule has 0 spiro atoms. The van der Waals surface area contributed by atoms with E-state index in [0.29, 0.717) is 40.5 Å². The molecule has 1 unspecified atom stereocenters. The highest BCUT2D eigenvalue weighted by atomic mass is 16.5. The maximum Gasteiger partial charge on any atom is 0.319 e. The Balaban J connectivity index is 2.33. The third-order valence-electron chi connectivity index (χ3n) is 4.53. The molecule has 0 fully saturated rings. The van der Waals surface area contributed by atoms with Crippen LogP contribution in [-0.4, -0.2) is 52.4 Å². The quantitative estimate of drug-likeness (QED) is 0.610. The largest absolute Gasteiger partial charge is 0.480 e. The van der Waals surface area contributed by atoms with Crippen molar-refractivity contribution in [2.45, 2.75) is 26.3 Å². The van der Waals surface area contributed by atoms with Crippen LogP contribution in [0.25, 0.3) is 22.3 Å². The Bertz CT molecular complexity index is 1050. The molecule has 3 aromatic rings. The smallest absolute Gasteiger partial charge is 0.319 e. The monoisotopic (exact) mass is 385 g/mol. The summed E-state index contributed by atoms with van der Waals surface area (Å²) in [6, 6.07) is 1.85. The molecule has 3 heterocycles. The van der Waals surface area contributed by atoms with E-state index in [2.05, 4.69) is 19.9 Å². The maximum absolute atomic E-state index is 12.9. The maximum atomic E-state index is 12.9. The Morgan fingerprint density at radius 3 is 2.57 bits per heavy atom. The minimum atomic E-state index is -0.147. The van der Waals surface area contributed by atoms with Crippen molar-refractivity contribution in [2.75, 3.05) is 27.9 Å². The molecule has 0 aliphatic rings. The lowest BCUT2D eigenvalue weighted by atomic mass is 10.1. The van der Waals surface area contributed by atoms with Crippen LogP contribution in [0.3, 0.4) is 0 Å². The molecule has 0 saturated heterocycles. The van der Waals surface area contributed by atoms with E-state index in [4.69, 9.17) is 14.2 Å². The van der Waals surface area contributed by atoms with E-state index in [1.807, 2.05) is 6.92 Å². The molecule has 28 heavy (non-hydrogen) atoms. The molecule has 0 amide bonds. The topological polar surface area (TPSA) is 101 Å². The highest BCUT2D eigenvalue weighted by molar-refractivity contribution is 5.90. The zero-order chi connectivity index (χ0) is 20.3. The van der Waals surface area contributed by atoms with Gasteiger partial charge in [0.1, 0.15) is 16.9 Å². The van der Waals surface area contributed by atoms with Crippen molar-refractivity contribution in [3.05, 3.63) is 34.5 Å². The molecule has 0 aromatic carbocycles. The fraction of sp³-hybridized carbons (Fsp3) is 0.421. The molecule has 0 radical (unpaired) electrons. The Morgan fingerprint density at radius 1 is 1.14 bits per heavy atom. The summed E-state index contributed by atoms with van der Waals surface area (Å²) >= 11 is 0. The van der Waals surface area contributed by atoms with Gasteiger partial charge in [0.05, 0.1) is 37.9 Å². The third kappa shape index (κ3) is 3.40. The number of nitrogens with zero attached hydrogens (tertiary/aromatic N) is 5. The third-order valence-corrected chi connectivity index (χ3v) is 4.53. The number of aryl methyl sites for hydroxylation is 1. The van der Waals surface area contributed by atoms with Gasteiger partial charge < -0.3 is 14.2 Å². The molecule has 148 valence electrons. The minimum Gasteiger partial charge on any atom is -0.480 e. The Labute approximate surface area is 162 Å². The van der Waals surface area contributed by atoms with Crippen LogP contribution >= 0.6 is 0 Å². The van der Waals surface area contributed by atoms with Crippen molar-refractivity contribution in [3.8, 4) is 23.1 Å². The summed E-state index contributed by atoms with van der Waals surface area (Å²) < 4.78 is 17.5. The number of hydrogen-bond donors (Lipinski definition) is 0. The zero-order valence-electron chi connectivity index (χ0n) is 16.6.